The molecule has 0 saturated heterocycles. The van der Waals surface area contributed by atoms with Crippen molar-refractivity contribution in [2.24, 2.45) is 5.41 Å². The van der Waals surface area contributed by atoms with Gasteiger partial charge in [-0.3, -0.25) is 4.79 Å². The summed E-state index contributed by atoms with van der Waals surface area (Å²) < 4.78 is 7.00. The lowest BCUT2D eigenvalue weighted by Gasteiger charge is -2.37. The number of hydrogen-bond donors (Lipinski definition) is 1. The molecule has 0 amide bonds. The summed E-state index contributed by atoms with van der Waals surface area (Å²) in [6, 6.07) is 7.37. The first kappa shape index (κ1) is 14.9. The number of nitrogens with one attached hydrogen (secondary N) is 1. The Morgan fingerprint density at radius 3 is 2.96 bits per heavy atom. The zero-order valence-electron chi connectivity index (χ0n) is 13.9. The van der Waals surface area contributed by atoms with Crippen molar-refractivity contribution in [1.82, 2.24) is 20.2 Å². The Bertz CT molecular complexity index is 852. The van der Waals surface area contributed by atoms with Crippen LogP contribution in [0.15, 0.2) is 35.5 Å². The quantitative estimate of drug-likeness (QED) is 0.912. The molecule has 7 heteroatoms. The van der Waals surface area contributed by atoms with E-state index in [2.05, 4.69) is 34.7 Å². The number of tetrazole rings is 1. The molecule has 1 aromatic heterocycles. The Labute approximate surface area is 139 Å². The van der Waals surface area contributed by atoms with Gasteiger partial charge in [-0.2, -0.15) is 4.68 Å². The van der Waals surface area contributed by atoms with Crippen LogP contribution >= 0.6 is 0 Å². The summed E-state index contributed by atoms with van der Waals surface area (Å²) in [5.41, 5.74) is 2.54. The minimum absolute atomic E-state index is 0.0720. The number of allylic oxidation sites excluding steroid dienone is 2. The molecule has 1 unspecified atom stereocenters. The van der Waals surface area contributed by atoms with Gasteiger partial charge in [-0.25, -0.2) is 0 Å². The SMILES string of the molecule is COc1cccc(C2C3=C(CC(C)(C)CC3=O)Nc3nnnn32)c1. The molecular weight excluding hydrogens is 306 g/mol. The summed E-state index contributed by atoms with van der Waals surface area (Å²) in [6.45, 7) is 4.21. The monoisotopic (exact) mass is 325 g/mol. The number of carbonyl (C=O) groups is 1. The van der Waals surface area contributed by atoms with Crippen molar-refractivity contribution in [3.8, 4) is 5.75 Å². The lowest BCUT2D eigenvalue weighted by molar-refractivity contribution is -0.118. The maximum absolute atomic E-state index is 12.9. The Morgan fingerprint density at radius 2 is 2.17 bits per heavy atom. The van der Waals surface area contributed by atoms with E-state index < -0.39 is 0 Å². The van der Waals surface area contributed by atoms with Gasteiger partial charge in [0, 0.05) is 17.7 Å². The van der Waals surface area contributed by atoms with Crippen molar-refractivity contribution in [3.05, 3.63) is 41.1 Å². The molecule has 0 saturated carbocycles. The van der Waals surface area contributed by atoms with Crippen LogP contribution in [0.4, 0.5) is 5.95 Å². The highest BCUT2D eigenvalue weighted by Crippen LogP contribution is 2.45. The molecule has 1 aliphatic heterocycles. The van der Waals surface area contributed by atoms with Crippen molar-refractivity contribution in [1.29, 1.82) is 0 Å². The summed E-state index contributed by atoms with van der Waals surface area (Å²) in [6.07, 6.45) is 1.31. The average Bonchev–Trinajstić information content (AvgIpc) is 2.99. The number of ether oxygens (including phenoxy) is 1. The van der Waals surface area contributed by atoms with E-state index in [4.69, 9.17) is 4.74 Å². The van der Waals surface area contributed by atoms with Gasteiger partial charge < -0.3 is 10.1 Å². The third-order valence-electron chi connectivity index (χ3n) is 4.60. The Balaban J connectivity index is 1.89. The third kappa shape index (κ3) is 2.28. The number of ketones is 1. The highest BCUT2D eigenvalue weighted by Gasteiger charge is 2.41. The fourth-order valence-electron chi connectivity index (χ4n) is 3.59. The van der Waals surface area contributed by atoms with Crippen molar-refractivity contribution in [2.75, 3.05) is 12.4 Å². The summed E-state index contributed by atoms with van der Waals surface area (Å²) >= 11 is 0. The van der Waals surface area contributed by atoms with Gasteiger partial charge in [-0.1, -0.05) is 31.1 Å². The van der Waals surface area contributed by atoms with E-state index in [0.717, 1.165) is 29.0 Å². The Hall–Kier alpha value is -2.70. The van der Waals surface area contributed by atoms with Gasteiger partial charge in [0.15, 0.2) is 5.78 Å². The zero-order valence-corrected chi connectivity index (χ0v) is 13.9. The van der Waals surface area contributed by atoms with E-state index in [1.54, 1.807) is 11.8 Å². The van der Waals surface area contributed by atoms with Crippen LogP contribution in [-0.2, 0) is 4.79 Å². The third-order valence-corrected chi connectivity index (χ3v) is 4.60. The molecule has 124 valence electrons. The van der Waals surface area contributed by atoms with Crippen LogP contribution in [0.1, 0.15) is 38.3 Å². The largest absolute Gasteiger partial charge is 0.497 e. The fraction of sp³-hybridized carbons (Fsp3) is 0.412. The number of anilines is 1. The molecule has 4 rings (SSSR count). The topological polar surface area (TPSA) is 81.9 Å². The number of methoxy groups -OCH3 is 1. The zero-order chi connectivity index (χ0) is 16.9. The highest BCUT2D eigenvalue weighted by atomic mass is 16.5. The summed E-state index contributed by atoms with van der Waals surface area (Å²) in [7, 11) is 1.63. The molecule has 1 aliphatic carbocycles. The standard InChI is InChI=1S/C17H19N5O2/c1-17(2)8-12-14(13(23)9-17)15(22-16(18-12)19-20-21-22)10-5-4-6-11(7-10)24-3/h4-7,15H,8-9H2,1-3H3,(H,18,19,21). The van der Waals surface area contributed by atoms with Gasteiger partial charge >= 0.3 is 0 Å². The van der Waals surface area contributed by atoms with E-state index in [1.807, 2.05) is 24.3 Å². The first-order chi connectivity index (χ1) is 11.5. The number of hydrogen-bond acceptors (Lipinski definition) is 6. The average molecular weight is 325 g/mol. The van der Waals surface area contributed by atoms with E-state index >= 15 is 0 Å². The molecule has 1 N–H and O–H groups in total. The van der Waals surface area contributed by atoms with Crippen molar-refractivity contribution in [3.63, 3.8) is 0 Å². The molecule has 0 fully saturated rings. The predicted molar refractivity (Wildman–Crippen MR) is 87.6 cm³/mol. The molecule has 0 radical (unpaired) electrons. The molecule has 1 aromatic carbocycles. The first-order valence-electron chi connectivity index (χ1n) is 7.93. The number of nitrogens with zero attached hydrogens (tertiary/aromatic N) is 4. The highest BCUT2D eigenvalue weighted by molar-refractivity contribution is 6.00. The van der Waals surface area contributed by atoms with Crippen LogP contribution in [0, 0.1) is 5.41 Å². The Morgan fingerprint density at radius 1 is 1.33 bits per heavy atom. The number of benzene rings is 1. The molecule has 2 heterocycles. The van der Waals surface area contributed by atoms with Crippen molar-refractivity contribution >= 4 is 11.7 Å². The summed E-state index contributed by atoms with van der Waals surface area (Å²) in [4.78, 5) is 12.9. The molecule has 0 bridgehead atoms. The van der Waals surface area contributed by atoms with E-state index in [9.17, 15) is 4.79 Å². The second-order valence-corrected chi connectivity index (χ2v) is 7.08. The van der Waals surface area contributed by atoms with E-state index in [-0.39, 0.29) is 17.2 Å². The van der Waals surface area contributed by atoms with Crippen LogP contribution in [0.2, 0.25) is 0 Å². The number of Topliss-reactive ketones (excluding diaryl/α,β-unsaturated/α-hetero) is 1. The smallest absolute Gasteiger partial charge is 0.248 e. The molecule has 7 nitrogen and oxygen atoms in total. The van der Waals surface area contributed by atoms with Crippen LogP contribution in [0.3, 0.4) is 0 Å². The predicted octanol–water partition coefficient (Wildman–Crippen LogP) is 2.34. The number of fused-ring (bicyclic) bond motifs is 1. The molecule has 2 aliphatic rings. The molecule has 1 atom stereocenters. The van der Waals surface area contributed by atoms with Crippen LogP contribution < -0.4 is 10.1 Å². The molecule has 24 heavy (non-hydrogen) atoms. The van der Waals surface area contributed by atoms with Gasteiger partial charge in [0.25, 0.3) is 0 Å². The maximum Gasteiger partial charge on any atom is 0.248 e. The maximum atomic E-state index is 12.9. The molecule has 0 spiro atoms. The van der Waals surface area contributed by atoms with E-state index in [0.29, 0.717) is 12.4 Å². The number of carbonyl (C=O) groups excluding carboxylic acids is 1. The lowest BCUT2D eigenvalue weighted by Crippen LogP contribution is -2.36. The van der Waals surface area contributed by atoms with Crippen LogP contribution in [-0.4, -0.2) is 33.1 Å². The van der Waals surface area contributed by atoms with Gasteiger partial charge in [0.1, 0.15) is 11.8 Å². The second kappa shape index (κ2) is 5.15. The molecule has 2 aromatic rings. The first-order valence-corrected chi connectivity index (χ1v) is 7.93. The van der Waals surface area contributed by atoms with Crippen molar-refractivity contribution < 1.29 is 9.53 Å². The number of aromatic nitrogens is 4. The van der Waals surface area contributed by atoms with Gasteiger partial charge in [-0.05, 0) is 40.0 Å². The molecular formula is C17H19N5O2. The minimum Gasteiger partial charge on any atom is -0.497 e. The van der Waals surface area contributed by atoms with Crippen LogP contribution in [0.5, 0.6) is 5.75 Å². The van der Waals surface area contributed by atoms with Gasteiger partial charge in [-0.15, -0.1) is 0 Å². The van der Waals surface area contributed by atoms with E-state index in [1.165, 1.54) is 0 Å². The normalized spacial score (nSPS) is 21.8. The second-order valence-electron chi connectivity index (χ2n) is 7.08. The fourth-order valence-corrected chi connectivity index (χ4v) is 3.59. The lowest BCUT2D eigenvalue weighted by atomic mass is 9.73. The Kier molecular flexibility index (Phi) is 3.19. The van der Waals surface area contributed by atoms with Gasteiger partial charge in [0.2, 0.25) is 5.95 Å². The summed E-state index contributed by atoms with van der Waals surface area (Å²) in [5.74, 6) is 1.45. The van der Waals surface area contributed by atoms with Crippen molar-refractivity contribution in [2.45, 2.75) is 32.7 Å². The minimum atomic E-state index is -0.329. The summed E-state index contributed by atoms with van der Waals surface area (Å²) in [5, 5.41) is 15.2. The van der Waals surface area contributed by atoms with Crippen LogP contribution in [0.25, 0.3) is 0 Å². The number of rotatable bonds is 2. The van der Waals surface area contributed by atoms with Gasteiger partial charge in [0.05, 0.1) is 7.11 Å².